The molecular weight excluding hydrogens is 212 g/mol. The molecule has 0 amide bonds. The van der Waals surface area contributed by atoms with E-state index in [0.29, 0.717) is 0 Å². The van der Waals surface area contributed by atoms with Crippen molar-refractivity contribution in [3.05, 3.63) is 26.6 Å². The van der Waals surface area contributed by atoms with Crippen molar-refractivity contribution >= 4 is 16.1 Å². The molecule has 0 bridgehead atoms. The van der Waals surface area contributed by atoms with Gasteiger partial charge in [0.15, 0.2) is 0 Å². The molecular formula is C5FeO4S. The Morgan fingerprint density at radius 1 is 0.818 bits per heavy atom. The number of hydrogen-bond donors (Lipinski definition) is 0. The van der Waals surface area contributed by atoms with E-state index in [1.54, 1.807) is 0 Å². The summed E-state index contributed by atoms with van der Waals surface area (Å²) in [5.41, 5.74) is 0. The van der Waals surface area contributed by atoms with Gasteiger partial charge in [0, 0.05) is 0 Å². The third-order valence-electron chi connectivity index (χ3n) is 0. The zero-order valence-corrected chi connectivity index (χ0v) is 6.82. The fraction of sp³-hybridized carbons (Fsp3) is 0. The molecule has 0 spiro atoms. The minimum absolute atomic E-state index is 2.08. The first-order valence-corrected chi connectivity index (χ1v) is 2.16. The third-order valence-corrected chi connectivity index (χ3v) is 0. The third kappa shape index (κ3) is 1960. The van der Waals surface area contributed by atoms with Gasteiger partial charge in [-0.25, -0.2) is 0 Å². The molecule has 0 aliphatic rings. The van der Waals surface area contributed by atoms with Crippen molar-refractivity contribution in [3.8, 4) is 0 Å². The zero-order chi connectivity index (χ0) is 10.7. The van der Waals surface area contributed by atoms with E-state index < -0.39 is 0 Å². The SMILES string of the molecule is S=[C]=[Fe].[C-]#[O+].[C-]#[O+].[C-]#[O+].[C-]#[O+]. The van der Waals surface area contributed by atoms with Crippen LogP contribution in [0.4, 0.5) is 0 Å². The van der Waals surface area contributed by atoms with Gasteiger partial charge in [-0.1, -0.05) is 0 Å². The first kappa shape index (κ1) is 31.4. The van der Waals surface area contributed by atoms with Gasteiger partial charge < -0.3 is 0 Å². The van der Waals surface area contributed by atoms with Gasteiger partial charge in [0.25, 0.3) is 0 Å². The minimum atomic E-state index is 2.08. The van der Waals surface area contributed by atoms with Crippen LogP contribution in [0.1, 0.15) is 0 Å². The molecule has 11 heavy (non-hydrogen) atoms. The number of thiocarbonyl (C=S) groups is 1. The Bertz CT molecular complexity index is 116. The van der Waals surface area contributed by atoms with Gasteiger partial charge in [0.2, 0.25) is 0 Å². The van der Waals surface area contributed by atoms with E-state index in [4.69, 9.17) is 18.6 Å². The second-order valence-electron chi connectivity index (χ2n) is 0.0722. The molecule has 0 aliphatic carbocycles. The Kier molecular flexibility index (Phi) is 8450. The summed E-state index contributed by atoms with van der Waals surface area (Å²) in [5.74, 6) is 0. The molecule has 0 saturated carbocycles. The summed E-state index contributed by atoms with van der Waals surface area (Å²) in [4.78, 5) is 0. The number of rotatable bonds is 0. The molecule has 0 saturated heterocycles. The van der Waals surface area contributed by atoms with Crippen molar-refractivity contribution in [2.45, 2.75) is 0 Å². The van der Waals surface area contributed by atoms with E-state index in [1.807, 2.05) is 0 Å². The average Bonchev–Trinajstić information content (AvgIpc) is 2.18. The molecule has 6 heteroatoms. The first-order chi connectivity index (χ1) is 5.41. The molecule has 0 N–H and O–H groups in total. The van der Waals surface area contributed by atoms with Gasteiger partial charge >= 0.3 is 76.9 Å². The topological polar surface area (TPSA) is 79.6 Å². The summed E-state index contributed by atoms with van der Waals surface area (Å²) in [7, 11) is 0. The van der Waals surface area contributed by atoms with E-state index in [0.717, 1.165) is 0 Å². The van der Waals surface area contributed by atoms with Gasteiger partial charge in [-0.2, -0.15) is 0 Å². The van der Waals surface area contributed by atoms with Gasteiger partial charge in [0.05, 0.1) is 0 Å². The van der Waals surface area contributed by atoms with Crippen molar-refractivity contribution in [1.29, 1.82) is 0 Å². The Morgan fingerprint density at radius 2 is 0.818 bits per heavy atom. The van der Waals surface area contributed by atoms with Gasteiger partial charge in [-0.05, 0) is 0 Å². The van der Waals surface area contributed by atoms with Crippen LogP contribution >= 0.6 is 12.2 Å². The van der Waals surface area contributed by atoms with Crippen molar-refractivity contribution in [2.75, 3.05) is 0 Å². The van der Waals surface area contributed by atoms with Crippen LogP contribution in [-0.4, -0.2) is 3.87 Å². The second-order valence-corrected chi connectivity index (χ2v) is 0.893. The summed E-state index contributed by atoms with van der Waals surface area (Å²) in [6.45, 7) is 18.0. The zero-order valence-electron chi connectivity index (χ0n) is 4.89. The first-order valence-electron chi connectivity index (χ1n) is 1.20. The molecule has 0 aromatic carbocycles. The average molecular weight is 212 g/mol. The molecule has 4 nitrogen and oxygen atoms in total. The van der Waals surface area contributed by atoms with E-state index in [-0.39, 0.29) is 0 Å². The molecule has 0 atom stereocenters. The Morgan fingerprint density at radius 3 is 0.818 bits per heavy atom. The van der Waals surface area contributed by atoms with Gasteiger partial charge in [0.1, 0.15) is 0 Å². The Labute approximate surface area is 77.2 Å². The van der Waals surface area contributed by atoms with Crippen LogP contribution < -0.4 is 0 Å². The molecule has 0 fully saturated rings. The summed E-state index contributed by atoms with van der Waals surface area (Å²) in [5, 5.41) is 0. The quantitative estimate of drug-likeness (QED) is 0.244. The summed E-state index contributed by atoms with van der Waals surface area (Å²) in [6, 6.07) is 0. The van der Waals surface area contributed by atoms with E-state index >= 15 is 0 Å². The molecule has 0 aromatic heterocycles. The van der Waals surface area contributed by atoms with Gasteiger partial charge in [-0.15, -0.1) is 0 Å². The van der Waals surface area contributed by atoms with Crippen LogP contribution in [0.3, 0.4) is 0 Å². The fourth-order valence-corrected chi connectivity index (χ4v) is 0. The van der Waals surface area contributed by atoms with Crippen LogP contribution in [0.2, 0.25) is 0 Å². The molecule has 0 aromatic rings. The van der Waals surface area contributed by atoms with Crippen LogP contribution in [-0.2, 0) is 34.2 Å². The molecule has 0 aliphatic heterocycles. The predicted octanol–water partition coefficient (Wildman–Crippen LogP) is 0.217. The normalized spacial score (nSPS) is 1.55. The summed E-state index contributed by atoms with van der Waals surface area (Å²) >= 11 is 7.08. The van der Waals surface area contributed by atoms with E-state index in [2.05, 4.69) is 58.3 Å². The van der Waals surface area contributed by atoms with Crippen LogP contribution in [0.5, 0.6) is 0 Å². The fourth-order valence-electron chi connectivity index (χ4n) is 0. The molecule has 0 radical (unpaired) electrons. The van der Waals surface area contributed by atoms with Gasteiger partial charge in [-0.3, -0.25) is 0 Å². The van der Waals surface area contributed by atoms with Crippen LogP contribution in [0, 0.1) is 26.6 Å². The maximum atomic E-state index is 7.50. The summed E-state index contributed by atoms with van der Waals surface area (Å²) < 4.78 is 32.1. The maximum absolute atomic E-state index is 7.50. The second kappa shape index (κ2) is 2960. The molecule has 0 heterocycles. The van der Waals surface area contributed by atoms with Crippen molar-refractivity contribution in [2.24, 2.45) is 0 Å². The summed E-state index contributed by atoms with van der Waals surface area (Å²) in [6.07, 6.45) is 0. The predicted molar refractivity (Wildman–Crippen MR) is 28.3 cm³/mol. The van der Waals surface area contributed by atoms with E-state index in [9.17, 15) is 0 Å². The van der Waals surface area contributed by atoms with Crippen LogP contribution in [0.15, 0.2) is 0 Å². The Hall–Kier alpha value is -0.521. The van der Waals surface area contributed by atoms with Crippen molar-refractivity contribution in [1.82, 2.24) is 0 Å². The molecule has 0 unspecified atom stereocenters. The van der Waals surface area contributed by atoms with E-state index in [1.165, 1.54) is 0 Å². The molecule has 58 valence electrons. The monoisotopic (exact) mass is 212 g/mol. The molecule has 0 rings (SSSR count). The van der Waals surface area contributed by atoms with Crippen molar-refractivity contribution in [3.63, 3.8) is 0 Å². The Balaban J connectivity index is -0.0000000139. The number of hydrogen-bond acceptors (Lipinski definition) is 1. The van der Waals surface area contributed by atoms with Crippen LogP contribution in [0.25, 0.3) is 0 Å². The van der Waals surface area contributed by atoms with Crippen molar-refractivity contribution < 1.29 is 34.2 Å². The standard InChI is InChI=1S/4CO.CS.Fe/c5*1-2;.